The molecule has 0 spiro atoms. The van der Waals surface area contributed by atoms with Crippen molar-refractivity contribution in [1.29, 1.82) is 0 Å². The molecule has 0 saturated heterocycles. The molecule has 7 N–H and O–H groups in total. The van der Waals surface area contributed by atoms with Gasteiger partial charge in [-0.2, -0.15) is 0 Å². The summed E-state index contributed by atoms with van der Waals surface area (Å²) in [5.74, 6) is 0. The summed E-state index contributed by atoms with van der Waals surface area (Å²) in [7, 11) is -9.25. The van der Waals surface area contributed by atoms with Crippen LogP contribution in [0.3, 0.4) is 0 Å². The molecule has 12 heteroatoms. The van der Waals surface area contributed by atoms with Gasteiger partial charge >= 0.3 is 84.2 Å². The van der Waals surface area contributed by atoms with Gasteiger partial charge in [-0.05, 0) is 0 Å². The van der Waals surface area contributed by atoms with Gasteiger partial charge in [0, 0.05) is 0 Å². The third kappa shape index (κ3) is 276. The van der Waals surface area contributed by atoms with E-state index in [2.05, 4.69) is 0 Å². The second-order valence-electron chi connectivity index (χ2n) is 1.11. The number of phosphoric acid groups is 1. The summed E-state index contributed by atoms with van der Waals surface area (Å²) >= 11 is 0. The molecular weight excluding hydrogens is 250 g/mol. The molecule has 0 aromatic rings. The van der Waals surface area contributed by atoms with Crippen LogP contribution in [0.15, 0.2) is 0 Å². The molecule has 0 bridgehead atoms. The maximum atomic E-state index is 8.88. The van der Waals surface area contributed by atoms with E-state index in [9.17, 15) is 0 Å². The van der Waals surface area contributed by atoms with Gasteiger partial charge in [0.2, 0.25) is 0 Å². The summed E-state index contributed by atoms with van der Waals surface area (Å²) in [5, 5.41) is 0. The summed E-state index contributed by atoms with van der Waals surface area (Å²) in [6.07, 6.45) is 0. The Morgan fingerprint density at radius 2 is 0.917 bits per heavy atom. The summed E-state index contributed by atoms with van der Waals surface area (Å²) in [4.78, 5) is 50.9. The normalized spacial score (nSPS) is 9.92. The fraction of sp³-hybridized carbons (Fsp3) is 0. The molecule has 0 fully saturated rings. The van der Waals surface area contributed by atoms with Crippen LogP contribution in [0.2, 0.25) is 0 Å². The van der Waals surface area contributed by atoms with Gasteiger partial charge in [-0.25, -0.2) is 4.57 Å². The van der Waals surface area contributed by atoms with Crippen molar-refractivity contribution >= 4 is 84.2 Å². The quantitative estimate of drug-likeness (QED) is 0.168. The zero-order valence-electron chi connectivity index (χ0n) is 4.49. The molecule has 12 heavy (non-hydrogen) atoms. The van der Waals surface area contributed by atoms with Gasteiger partial charge in [-0.15, -0.1) is 0 Å². The van der Waals surface area contributed by atoms with Crippen molar-refractivity contribution < 1.29 is 38.4 Å². The Morgan fingerprint density at radius 1 is 0.917 bits per heavy atom. The number of rotatable bonds is 0. The first kappa shape index (κ1) is 23.9. The second-order valence-corrected chi connectivity index (χ2v) is 3.34. The molecular formula is H10CaNaO8PSi. The van der Waals surface area contributed by atoms with Crippen LogP contribution >= 0.6 is 7.82 Å². The first-order valence-electron chi connectivity index (χ1n) is 1.68. The Hall–Kier alpha value is 2.43. The summed E-state index contributed by atoms with van der Waals surface area (Å²) in [5.41, 5.74) is 0. The monoisotopic (exact) mass is 260 g/mol. The van der Waals surface area contributed by atoms with Crippen molar-refractivity contribution in [1.82, 2.24) is 0 Å². The van der Waals surface area contributed by atoms with Crippen LogP contribution in [-0.2, 0) is 4.57 Å². The van der Waals surface area contributed by atoms with Crippen LogP contribution < -0.4 is 0 Å². The molecule has 8 nitrogen and oxygen atoms in total. The molecule has 70 valence electrons. The standard InChI is InChI=1S/Ca.Na.H3O4P.H4O4Si.3H/c;;2*1-5(2,3)4;;;/h;;(H3,1,2,3,4);1-4H;;;. The first-order valence-corrected chi connectivity index (χ1v) is 5.03. The Bertz CT molecular complexity index is 111. The van der Waals surface area contributed by atoms with E-state index in [0.29, 0.717) is 0 Å². The Morgan fingerprint density at radius 3 is 0.917 bits per heavy atom. The van der Waals surface area contributed by atoms with E-state index < -0.39 is 16.9 Å². The zero-order chi connectivity index (χ0) is 9.00. The van der Waals surface area contributed by atoms with Crippen molar-refractivity contribution in [3.05, 3.63) is 0 Å². The summed E-state index contributed by atoms with van der Waals surface area (Å²) < 4.78 is 8.88. The molecule has 0 aromatic carbocycles. The first-order chi connectivity index (χ1) is 4.00. The maximum absolute atomic E-state index is 8.88. The Kier molecular flexibility index (Phi) is 19.9. The van der Waals surface area contributed by atoms with Gasteiger partial charge in [0.1, 0.15) is 0 Å². The van der Waals surface area contributed by atoms with E-state index in [1.807, 2.05) is 0 Å². The molecule has 0 saturated carbocycles. The van der Waals surface area contributed by atoms with E-state index in [4.69, 9.17) is 38.4 Å². The van der Waals surface area contributed by atoms with Crippen molar-refractivity contribution in [2.75, 3.05) is 0 Å². The predicted molar refractivity (Wildman–Crippen MR) is 44.6 cm³/mol. The van der Waals surface area contributed by atoms with Gasteiger partial charge in [-0.1, -0.05) is 0 Å². The third-order valence-corrected chi connectivity index (χ3v) is 0. The molecule has 0 heterocycles. The van der Waals surface area contributed by atoms with E-state index in [1.165, 1.54) is 0 Å². The van der Waals surface area contributed by atoms with Crippen LogP contribution in [0.4, 0.5) is 0 Å². The topological polar surface area (TPSA) is 159 Å². The van der Waals surface area contributed by atoms with Gasteiger partial charge in [-0.3, -0.25) is 0 Å². The van der Waals surface area contributed by atoms with E-state index in [-0.39, 0.29) is 67.3 Å². The van der Waals surface area contributed by atoms with E-state index in [0.717, 1.165) is 0 Å². The summed E-state index contributed by atoms with van der Waals surface area (Å²) in [6.45, 7) is 0. The summed E-state index contributed by atoms with van der Waals surface area (Å²) in [6, 6.07) is 0. The van der Waals surface area contributed by atoms with Crippen molar-refractivity contribution in [2.45, 2.75) is 0 Å². The molecule has 0 aromatic heterocycles. The zero-order valence-corrected chi connectivity index (χ0v) is 6.38. The molecule has 0 amide bonds. The van der Waals surface area contributed by atoms with Crippen molar-refractivity contribution in [3.63, 3.8) is 0 Å². The molecule has 0 unspecified atom stereocenters. The van der Waals surface area contributed by atoms with Gasteiger partial charge in [0.15, 0.2) is 0 Å². The van der Waals surface area contributed by atoms with Crippen LogP contribution in [0, 0.1) is 0 Å². The molecule has 0 aliphatic carbocycles. The molecule has 0 rings (SSSR count). The minimum atomic E-state index is -4.64. The minimum absolute atomic E-state index is 0. The van der Waals surface area contributed by atoms with Crippen LogP contribution in [0.5, 0.6) is 0 Å². The third-order valence-electron chi connectivity index (χ3n) is 0. The number of hydrogen-bond acceptors (Lipinski definition) is 5. The van der Waals surface area contributed by atoms with Gasteiger partial charge < -0.3 is 33.9 Å². The predicted octanol–water partition coefficient (Wildman–Crippen LogP) is -5.10. The van der Waals surface area contributed by atoms with Crippen LogP contribution in [0.1, 0.15) is 0 Å². The van der Waals surface area contributed by atoms with Gasteiger partial charge in [0.05, 0.1) is 0 Å². The van der Waals surface area contributed by atoms with Gasteiger partial charge in [0.25, 0.3) is 0 Å². The second kappa shape index (κ2) is 9.96. The SMILES string of the molecule is O=P(O)(O)O.O[Si](O)(O)O.[CaH2].[NaH]. The average molecular weight is 260 g/mol. The van der Waals surface area contributed by atoms with Crippen LogP contribution in [-0.4, -0.2) is 110 Å². The average Bonchev–Trinajstić information content (AvgIpc) is 1.12. The van der Waals surface area contributed by atoms with Crippen molar-refractivity contribution in [2.24, 2.45) is 0 Å². The Labute approximate surface area is 121 Å². The number of hydrogen-bond donors (Lipinski definition) is 7. The van der Waals surface area contributed by atoms with Crippen molar-refractivity contribution in [3.8, 4) is 0 Å². The van der Waals surface area contributed by atoms with E-state index >= 15 is 0 Å². The Balaban J connectivity index is -0.0000000457. The molecule has 0 aliphatic rings. The fourth-order valence-electron chi connectivity index (χ4n) is 0. The van der Waals surface area contributed by atoms with E-state index in [1.54, 1.807) is 0 Å². The molecule has 0 aliphatic heterocycles. The fourth-order valence-corrected chi connectivity index (χ4v) is 0. The van der Waals surface area contributed by atoms with Crippen LogP contribution in [0.25, 0.3) is 0 Å². The molecule has 0 radical (unpaired) electrons. The molecule has 0 atom stereocenters.